The van der Waals surface area contributed by atoms with Gasteiger partial charge in [0.1, 0.15) is 18.7 Å². The normalized spacial score (nSPS) is 22.5. The van der Waals surface area contributed by atoms with Crippen LogP contribution in [-0.4, -0.2) is 127 Å². The Bertz CT molecular complexity index is 1140. The highest BCUT2D eigenvalue weighted by molar-refractivity contribution is 5.78. The molecule has 6 rings (SSSR count). The lowest BCUT2D eigenvalue weighted by atomic mass is 9.90. The molecule has 0 aliphatic carbocycles. The van der Waals surface area contributed by atoms with Gasteiger partial charge in [-0.15, -0.1) is 0 Å². The van der Waals surface area contributed by atoms with Crippen molar-refractivity contribution in [1.29, 1.82) is 0 Å². The van der Waals surface area contributed by atoms with E-state index in [-0.39, 0.29) is 5.91 Å². The van der Waals surface area contributed by atoms with Crippen molar-refractivity contribution >= 4 is 5.91 Å². The Hall–Kier alpha value is -2.63. The van der Waals surface area contributed by atoms with E-state index >= 15 is 0 Å². The number of likely N-dealkylation sites (tertiary alicyclic amines) is 1. The number of carbonyl (C=O) groups is 1. The van der Waals surface area contributed by atoms with Crippen LogP contribution in [0.2, 0.25) is 0 Å². The van der Waals surface area contributed by atoms with Gasteiger partial charge in [-0.25, -0.2) is 9.97 Å². The van der Waals surface area contributed by atoms with Crippen LogP contribution in [0.25, 0.3) is 0 Å². The average molecular weight is 592 g/mol. The lowest BCUT2D eigenvalue weighted by Gasteiger charge is -2.37. The maximum Gasteiger partial charge on any atom is 0.236 e. The molecule has 43 heavy (non-hydrogen) atoms. The molecule has 234 valence electrons. The highest BCUT2D eigenvalue weighted by Crippen LogP contribution is 2.30. The molecule has 4 aliphatic rings. The van der Waals surface area contributed by atoms with E-state index in [4.69, 9.17) is 9.47 Å². The zero-order chi connectivity index (χ0) is 29.3. The summed E-state index contributed by atoms with van der Waals surface area (Å²) in [5.41, 5.74) is 3.42. The van der Waals surface area contributed by atoms with Gasteiger partial charge in [-0.2, -0.15) is 0 Å². The van der Waals surface area contributed by atoms with Crippen molar-refractivity contribution in [2.45, 2.75) is 44.7 Å². The van der Waals surface area contributed by atoms with Gasteiger partial charge in [-0.3, -0.25) is 14.6 Å². The zero-order valence-electron chi connectivity index (χ0n) is 25.7. The second kappa shape index (κ2) is 15.4. The molecule has 0 saturated carbocycles. The maximum atomic E-state index is 13.2. The van der Waals surface area contributed by atoms with Crippen molar-refractivity contribution < 1.29 is 14.3 Å². The van der Waals surface area contributed by atoms with E-state index in [0.29, 0.717) is 25.7 Å². The van der Waals surface area contributed by atoms with Crippen LogP contribution < -0.4 is 10.1 Å². The van der Waals surface area contributed by atoms with Crippen molar-refractivity contribution in [3.05, 3.63) is 53.6 Å². The Balaban J connectivity index is 0.860. The molecule has 10 heteroatoms. The molecule has 1 N–H and O–H groups in total. The van der Waals surface area contributed by atoms with Gasteiger partial charge in [0.25, 0.3) is 0 Å². The molecule has 5 heterocycles. The summed E-state index contributed by atoms with van der Waals surface area (Å²) < 4.78 is 12.0. The Labute approximate surface area is 256 Å². The summed E-state index contributed by atoms with van der Waals surface area (Å²) in [7, 11) is 0. The Morgan fingerprint density at radius 1 is 0.953 bits per heavy atom. The van der Waals surface area contributed by atoms with Crippen LogP contribution in [0.4, 0.5) is 0 Å². The third-order valence-corrected chi connectivity index (χ3v) is 9.60. The van der Waals surface area contributed by atoms with Crippen molar-refractivity contribution in [3.63, 3.8) is 0 Å². The fourth-order valence-electron chi connectivity index (χ4n) is 7.04. The van der Waals surface area contributed by atoms with Crippen molar-refractivity contribution in [2.75, 3.05) is 91.8 Å². The van der Waals surface area contributed by atoms with E-state index < -0.39 is 0 Å². The first-order valence-electron chi connectivity index (χ1n) is 16.4. The van der Waals surface area contributed by atoms with Gasteiger partial charge in [0.05, 0.1) is 25.5 Å². The minimum Gasteiger partial charge on any atom is -0.491 e. The molecule has 1 amide bonds. The van der Waals surface area contributed by atoms with E-state index in [1.54, 1.807) is 6.33 Å². The number of nitrogens with zero attached hydrogens (tertiary/aromatic N) is 6. The first-order chi connectivity index (χ1) is 21.2. The molecular formula is C33H49N7O3. The number of hydrogen-bond acceptors (Lipinski definition) is 9. The first kappa shape index (κ1) is 30.4. The second-order valence-electron chi connectivity index (χ2n) is 12.7. The number of amides is 1. The largest absolute Gasteiger partial charge is 0.491 e. The third-order valence-electron chi connectivity index (χ3n) is 9.60. The number of hydrogen-bond donors (Lipinski definition) is 1. The summed E-state index contributed by atoms with van der Waals surface area (Å²) >= 11 is 0. The Morgan fingerprint density at radius 3 is 2.67 bits per heavy atom. The predicted octanol–water partition coefficient (Wildman–Crippen LogP) is 2.21. The van der Waals surface area contributed by atoms with E-state index in [0.717, 1.165) is 88.2 Å². The summed E-state index contributed by atoms with van der Waals surface area (Å²) in [5.74, 6) is 2.29. The van der Waals surface area contributed by atoms with Crippen LogP contribution in [0.15, 0.2) is 36.8 Å². The molecule has 4 aliphatic heterocycles. The lowest BCUT2D eigenvalue weighted by molar-refractivity contribution is -0.133. The van der Waals surface area contributed by atoms with Gasteiger partial charge in [0, 0.05) is 83.1 Å². The molecule has 0 bridgehead atoms. The van der Waals surface area contributed by atoms with E-state index in [1.165, 1.54) is 51.1 Å². The smallest absolute Gasteiger partial charge is 0.236 e. The lowest BCUT2D eigenvalue weighted by Crippen LogP contribution is -2.49. The SMILES string of the molecule is O=C(CN1Cc2cncnc2C1)N1CCC[C@H](c2cccc(OCCOCCN3CCN(CC4CCNCC4)CC3)c2)C1. The van der Waals surface area contributed by atoms with E-state index in [2.05, 4.69) is 48.2 Å². The summed E-state index contributed by atoms with van der Waals surface area (Å²) in [5, 5.41) is 3.47. The monoisotopic (exact) mass is 591 g/mol. The fourth-order valence-corrected chi connectivity index (χ4v) is 7.04. The third kappa shape index (κ3) is 8.73. The van der Waals surface area contributed by atoms with E-state index in [9.17, 15) is 4.79 Å². The predicted molar refractivity (Wildman–Crippen MR) is 166 cm³/mol. The molecule has 1 aromatic heterocycles. The van der Waals surface area contributed by atoms with Gasteiger partial charge in [-0.1, -0.05) is 12.1 Å². The van der Waals surface area contributed by atoms with Crippen LogP contribution in [-0.2, 0) is 22.6 Å². The van der Waals surface area contributed by atoms with Gasteiger partial charge < -0.3 is 24.6 Å². The summed E-state index contributed by atoms with van der Waals surface area (Å²) in [6.07, 6.45) is 8.22. The number of carbonyl (C=O) groups excluding carboxylic acids is 1. The number of piperazine rings is 1. The van der Waals surface area contributed by atoms with Gasteiger partial charge >= 0.3 is 0 Å². The number of aromatic nitrogens is 2. The van der Waals surface area contributed by atoms with Gasteiger partial charge in [0.2, 0.25) is 5.91 Å². The standard InChI is InChI=1S/C33H49N7O3/c41-33(25-39-22-30-20-35-26-36-32(30)24-39)40-10-2-4-29(23-40)28-3-1-5-31(19-28)43-18-17-42-16-15-37-11-13-38(14-12-37)21-27-6-8-34-9-7-27/h1,3,5,19-20,26-27,29,34H,2,4,6-18,21-25H2/t29-/m0/s1. The van der Waals surface area contributed by atoms with Crippen LogP contribution in [0.5, 0.6) is 5.75 Å². The Morgan fingerprint density at radius 2 is 1.81 bits per heavy atom. The molecule has 1 aromatic carbocycles. The topological polar surface area (TPSA) is 86.3 Å². The number of ether oxygens (including phenoxy) is 2. The summed E-state index contributed by atoms with van der Waals surface area (Å²) in [6.45, 7) is 14.7. The molecular weight excluding hydrogens is 542 g/mol. The van der Waals surface area contributed by atoms with Crippen LogP contribution in [0.1, 0.15) is 48.4 Å². The summed E-state index contributed by atoms with van der Waals surface area (Å²) in [4.78, 5) is 31.0. The molecule has 0 unspecified atom stereocenters. The van der Waals surface area contributed by atoms with E-state index in [1.807, 2.05) is 17.2 Å². The van der Waals surface area contributed by atoms with Crippen molar-refractivity contribution in [3.8, 4) is 5.75 Å². The molecule has 3 saturated heterocycles. The second-order valence-corrected chi connectivity index (χ2v) is 12.7. The van der Waals surface area contributed by atoms with Crippen LogP contribution >= 0.6 is 0 Å². The number of rotatable bonds is 12. The molecule has 10 nitrogen and oxygen atoms in total. The molecule has 2 aromatic rings. The highest BCUT2D eigenvalue weighted by atomic mass is 16.5. The molecule has 1 atom stereocenters. The number of piperidine rings is 2. The number of benzene rings is 1. The fraction of sp³-hybridized carbons (Fsp3) is 0.667. The summed E-state index contributed by atoms with van der Waals surface area (Å²) in [6, 6.07) is 8.41. The average Bonchev–Trinajstić information content (AvgIpc) is 3.46. The maximum absolute atomic E-state index is 13.2. The molecule has 3 fully saturated rings. The first-order valence-corrected chi connectivity index (χ1v) is 16.4. The van der Waals surface area contributed by atoms with Gasteiger partial charge in [-0.05, 0) is 62.4 Å². The molecule has 0 spiro atoms. The van der Waals surface area contributed by atoms with Crippen molar-refractivity contribution in [1.82, 2.24) is 34.9 Å². The van der Waals surface area contributed by atoms with Crippen molar-refractivity contribution in [2.24, 2.45) is 5.92 Å². The van der Waals surface area contributed by atoms with Crippen LogP contribution in [0, 0.1) is 5.92 Å². The van der Waals surface area contributed by atoms with Crippen LogP contribution in [0.3, 0.4) is 0 Å². The highest BCUT2D eigenvalue weighted by Gasteiger charge is 2.28. The Kier molecular flexibility index (Phi) is 10.9. The minimum atomic E-state index is 0.203. The molecule has 0 radical (unpaired) electrons. The van der Waals surface area contributed by atoms with Gasteiger partial charge in [0.15, 0.2) is 0 Å². The zero-order valence-corrected chi connectivity index (χ0v) is 25.7. The quantitative estimate of drug-likeness (QED) is 0.374. The number of fused-ring (bicyclic) bond motifs is 1. The number of nitrogens with one attached hydrogen (secondary N) is 1. The minimum absolute atomic E-state index is 0.203.